The van der Waals surface area contributed by atoms with Crippen LogP contribution in [0.3, 0.4) is 0 Å². The third-order valence-electron chi connectivity index (χ3n) is 8.26. The van der Waals surface area contributed by atoms with Crippen LogP contribution in [-0.4, -0.2) is 58.3 Å². The van der Waals surface area contributed by atoms with Crippen LogP contribution in [0.2, 0.25) is 0 Å². The minimum Gasteiger partial charge on any atom is -0.480 e. The number of carbonyl (C=O) groups excluding carboxylic acids is 2. The molecule has 2 heterocycles. The zero-order valence-electron chi connectivity index (χ0n) is 23.1. The molecule has 1 atom stereocenters. The van der Waals surface area contributed by atoms with Crippen LogP contribution in [0, 0.1) is 11.7 Å². The molecule has 2 fully saturated rings. The SMILES string of the molecule is CC(C)NC(=O)C1CCC(N2C(=NC(=O)c3ccc(F)cc3)Cc3ccc(CN4CCC[C@H]4C(=O)O)cc32)CC1. The summed E-state index contributed by atoms with van der Waals surface area (Å²) in [5.74, 6) is -0.895. The Labute approximate surface area is 234 Å². The van der Waals surface area contributed by atoms with E-state index in [9.17, 15) is 23.9 Å². The lowest BCUT2D eigenvalue weighted by molar-refractivity contribution is -0.142. The van der Waals surface area contributed by atoms with Gasteiger partial charge in [-0.05, 0) is 100 Å². The van der Waals surface area contributed by atoms with Crippen molar-refractivity contribution in [1.29, 1.82) is 0 Å². The topological polar surface area (TPSA) is 102 Å². The maximum absolute atomic E-state index is 13.4. The molecule has 40 heavy (non-hydrogen) atoms. The third kappa shape index (κ3) is 6.09. The molecule has 212 valence electrons. The molecule has 9 heteroatoms. The van der Waals surface area contributed by atoms with E-state index in [1.165, 1.54) is 24.3 Å². The van der Waals surface area contributed by atoms with E-state index in [4.69, 9.17) is 0 Å². The molecule has 8 nitrogen and oxygen atoms in total. The van der Waals surface area contributed by atoms with E-state index in [1.807, 2.05) is 24.8 Å². The molecule has 1 aliphatic carbocycles. The van der Waals surface area contributed by atoms with Crippen molar-refractivity contribution in [3.8, 4) is 0 Å². The first kappa shape index (κ1) is 28.0. The van der Waals surface area contributed by atoms with Gasteiger partial charge in [0.05, 0.1) is 0 Å². The molecular weight excluding hydrogens is 511 g/mol. The first-order valence-corrected chi connectivity index (χ1v) is 14.3. The van der Waals surface area contributed by atoms with E-state index in [2.05, 4.69) is 27.3 Å². The third-order valence-corrected chi connectivity index (χ3v) is 8.26. The lowest BCUT2D eigenvalue weighted by Crippen LogP contribution is -2.44. The van der Waals surface area contributed by atoms with E-state index in [-0.39, 0.29) is 23.9 Å². The lowest BCUT2D eigenvalue weighted by atomic mass is 9.84. The smallest absolute Gasteiger partial charge is 0.320 e. The Bertz CT molecular complexity index is 1300. The number of rotatable bonds is 7. The average Bonchev–Trinajstić information content (AvgIpc) is 3.53. The van der Waals surface area contributed by atoms with Crippen LogP contribution in [0.5, 0.6) is 0 Å². The number of carboxylic acid groups (broad SMARTS) is 1. The van der Waals surface area contributed by atoms with Gasteiger partial charge < -0.3 is 15.3 Å². The monoisotopic (exact) mass is 548 g/mol. The van der Waals surface area contributed by atoms with E-state index in [0.717, 1.165) is 55.5 Å². The minimum atomic E-state index is -0.785. The first-order valence-electron chi connectivity index (χ1n) is 14.3. The highest BCUT2D eigenvalue weighted by molar-refractivity contribution is 6.12. The Kier molecular flexibility index (Phi) is 8.30. The summed E-state index contributed by atoms with van der Waals surface area (Å²) >= 11 is 0. The summed E-state index contributed by atoms with van der Waals surface area (Å²) in [6.07, 6.45) is 5.10. The molecule has 0 radical (unpaired) electrons. The van der Waals surface area contributed by atoms with Crippen LogP contribution in [0.4, 0.5) is 10.1 Å². The Morgan fingerprint density at radius 2 is 1.77 bits per heavy atom. The molecule has 1 saturated carbocycles. The summed E-state index contributed by atoms with van der Waals surface area (Å²) in [7, 11) is 0. The predicted molar refractivity (Wildman–Crippen MR) is 151 cm³/mol. The number of anilines is 1. The summed E-state index contributed by atoms with van der Waals surface area (Å²) in [6, 6.07) is 11.3. The van der Waals surface area contributed by atoms with Crippen molar-refractivity contribution in [2.75, 3.05) is 11.4 Å². The van der Waals surface area contributed by atoms with E-state index >= 15 is 0 Å². The van der Waals surface area contributed by atoms with Crippen molar-refractivity contribution in [2.45, 2.75) is 83.5 Å². The summed E-state index contributed by atoms with van der Waals surface area (Å²) < 4.78 is 13.4. The van der Waals surface area contributed by atoms with Crippen LogP contribution < -0.4 is 10.2 Å². The molecule has 2 N–H and O–H groups in total. The van der Waals surface area contributed by atoms with Gasteiger partial charge in [-0.2, -0.15) is 4.99 Å². The Morgan fingerprint density at radius 1 is 1.05 bits per heavy atom. The van der Waals surface area contributed by atoms with Gasteiger partial charge in [0, 0.05) is 42.2 Å². The number of halogens is 1. The fraction of sp³-hybridized carbons (Fsp3) is 0.484. The fourth-order valence-corrected chi connectivity index (χ4v) is 6.28. The van der Waals surface area contributed by atoms with Gasteiger partial charge in [0.25, 0.3) is 5.91 Å². The van der Waals surface area contributed by atoms with Gasteiger partial charge in [-0.1, -0.05) is 12.1 Å². The normalized spacial score (nSPS) is 23.9. The summed E-state index contributed by atoms with van der Waals surface area (Å²) in [6.45, 7) is 5.22. The highest BCUT2D eigenvalue weighted by atomic mass is 19.1. The van der Waals surface area contributed by atoms with E-state index in [1.54, 1.807) is 0 Å². The second-order valence-electron chi connectivity index (χ2n) is 11.5. The number of aliphatic imine (C=N–C) groups is 1. The second-order valence-corrected chi connectivity index (χ2v) is 11.5. The molecule has 0 unspecified atom stereocenters. The highest BCUT2D eigenvalue weighted by Crippen LogP contribution is 2.38. The van der Waals surface area contributed by atoms with Crippen molar-refractivity contribution in [2.24, 2.45) is 10.9 Å². The quantitative estimate of drug-likeness (QED) is 0.526. The van der Waals surface area contributed by atoms with Gasteiger partial charge in [0.15, 0.2) is 0 Å². The summed E-state index contributed by atoms with van der Waals surface area (Å²) in [5.41, 5.74) is 3.40. The van der Waals surface area contributed by atoms with Crippen LogP contribution in [0.25, 0.3) is 0 Å². The van der Waals surface area contributed by atoms with Crippen LogP contribution in [0.1, 0.15) is 73.9 Å². The molecule has 1 saturated heterocycles. The number of aliphatic carboxylic acids is 1. The van der Waals surface area contributed by atoms with Gasteiger partial charge >= 0.3 is 5.97 Å². The maximum Gasteiger partial charge on any atom is 0.320 e. The number of hydrogen-bond acceptors (Lipinski definition) is 4. The van der Waals surface area contributed by atoms with Crippen molar-refractivity contribution >= 4 is 29.3 Å². The van der Waals surface area contributed by atoms with Crippen molar-refractivity contribution in [1.82, 2.24) is 10.2 Å². The molecular formula is C31H37FN4O4. The Balaban J connectivity index is 1.41. The molecule has 2 aromatic rings. The molecule has 0 aromatic heterocycles. The number of amidine groups is 1. The van der Waals surface area contributed by atoms with Crippen LogP contribution in [0.15, 0.2) is 47.5 Å². The van der Waals surface area contributed by atoms with Gasteiger partial charge in [0.2, 0.25) is 5.91 Å². The maximum atomic E-state index is 13.4. The standard InChI is InChI=1S/C31H37FN4O4/c1-19(2)33-29(37)22-9-13-25(14-10-22)36-27-16-20(18-35-15-3-4-26(35)31(39)40)5-6-23(27)17-28(36)34-30(38)21-7-11-24(32)12-8-21/h5-8,11-12,16,19,22,25-26H,3-4,9-10,13-15,17-18H2,1-2H3,(H,33,37)(H,39,40)/t22?,25?,26-/m0/s1. The average molecular weight is 549 g/mol. The lowest BCUT2D eigenvalue weighted by Gasteiger charge is -2.36. The van der Waals surface area contributed by atoms with Crippen molar-refractivity contribution in [3.63, 3.8) is 0 Å². The van der Waals surface area contributed by atoms with Gasteiger partial charge in [-0.25, -0.2) is 4.39 Å². The zero-order valence-corrected chi connectivity index (χ0v) is 23.1. The van der Waals surface area contributed by atoms with Crippen molar-refractivity contribution in [3.05, 3.63) is 65.0 Å². The number of carboxylic acids is 1. The zero-order chi connectivity index (χ0) is 28.4. The molecule has 2 aromatic carbocycles. The number of fused-ring (bicyclic) bond motifs is 1. The number of carbonyl (C=O) groups is 3. The molecule has 3 aliphatic rings. The minimum absolute atomic E-state index is 0.0311. The molecule has 2 aliphatic heterocycles. The number of amides is 2. The first-order chi connectivity index (χ1) is 19.2. The highest BCUT2D eigenvalue weighted by Gasteiger charge is 2.37. The van der Waals surface area contributed by atoms with E-state index < -0.39 is 23.7 Å². The number of benzene rings is 2. The van der Waals surface area contributed by atoms with Crippen LogP contribution >= 0.6 is 0 Å². The summed E-state index contributed by atoms with van der Waals surface area (Å²) in [4.78, 5) is 46.1. The predicted octanol–water partition coefficient (Wildman–Crippen LogP) is 4.56. The molecule has 0 bridgehead atoms. The van der Waals surface area contributed by atoms with E-state index in [0.29, 0.717) is 30.8 Å². The number of nitrogens with zero attached hydrogens (tertiary/aromatic N) is 3. The Hall–Kier alpha value is -3.59. The number of likely N-dealkylation sites (tertiary alicyclic amines) is 1. The number of nitrogens with one attached hydrogen (secondary N) is 1. The van der Waals surface area contributed by atoms with Crippen LogP contribution in [-0.2, 0) is 22.6 Å². The number of hydrogen-bond donors (Lipinski definition) is 2. The summed E-state index contributed by atoms with van der Waals surface area (Å²) in [5, 5.41) is 12.6. The van der Waals surface area contributed by atoms with Crippen molar-refractivity contribution < 1.29 is 23.9 Å². The van der Waals surface area contributed by atoms with Gasteiger partial charge in [-0.15, -0.1) is 0 Å². The largest absolute Gasteiger partial charge is 0.480 e. The fourth-order valence-electron chi connectivity index (χ4n) is 6.28. The van der Waals surface area contributed by atoms with Gasteiger partial charge in [-0.3, -0.25) is 19.3 Å². The second kappa shape index (κ2) is 11.9. The molecule has 5 rings (SSSR count). The molecule has 2 amide bonds. The van der Waals surface area contributed by atoms with Gasteiger partial charge in [0.1, 0.15) is 17.7 Å². The Morgan fingerprint density at radius 3 is 2.45 bits per heavy atom. The molecule has 0 spiro atoms.